The van der Waals surface area contributed by atoms with Gasteiger partial charge in [-0.15, -0.1) is 0 Å². The van der Waals surface area contributed by atoms with Gasteiger partial charge in [0.05, 0.1) is 27.8 Å². The number of imidazole rings is 1. The lowest BCUT2D eigenvalue weighted by atomic mass is 9.99. The Kier molecular flexibility index (Phi) is 3.99. The van der Waals surface area contributed by atoms with E-state index in [1.54, 1.807) is 12.1 Å². The van der Waals surface area contributed by atoms with Gasteiger partial charge in [0.15, 0.2) is 15.5 Å². The monoisotopic (exact) mass is 395 g/mol. The normalized spacial score (nSPS) is 18.1. The number of sulfone groups is 1. The third kappa shape index (κ3) is 2.80. The van der Waals surface area contributed by atoms with Crippen LogP contribution in [0.3, 0.4) is 0 Å². The van der Waals surface area contributed by atoms with Gasteiger partial charge in [-0.05, 0) is 37.6 Å². The molecular weight excluding hydrogens is 374 g/mol. The standard InChI is InChI=1S/C20H21N5O2S/c1-28(26,27)15-6-4-13(5-7-15)18-17-12-23-19-16(8-10-22-19)25(17)20(24-18)14-3-2-9-21-11-14/h4-8,10,12,14,21-22H,2-3,9,11H2,1H3. The molecule has 0 saturated carbocycles. The summed E-state index contributed by atoms with van der Waals surface area (Å²) in [5, 5.41) is 3.47. The summed E-state index contributed by atoms with van der Waals surface area (Å²) in [7, 11) is -3.23. The molecule has 1 saturated heterocycles. The Morgan fingerprint density at radius 3 is 2.68 bits per heavy atom. The van der Waals surface area contributed by atoms with Crippen LogP contribution in [-0.2, 0) is 9.84 Å². The van der Waals surface area contributed by atoms with Gasteiger partial charge >= 0.3 is 0 Å². The Morgan fingerprint density at radius 2 is 1.96 bits per heavy atom. The second kappa shape index (κ2) is 6.42. The summed E-state index contributed by atoms with van der Waals surface area (Å²) in [6.45, 7) is 1.94. The van der Waals surface area contributed by atoms with Gasteiger partial charge in [-0.2, -0.15) is 0 Å². The van der Waals surface area contributed by atoms with Gasteiger partial charge in [0, 0.05) is 30.5 Å². The van der Waals surface area contributed by atoms with Crippen molar-refractivity contribution in [3.63, 3.8) is 0 Å². The minimum absolute atomic E-state index is 0.308. The second-order valence-electron chi connectivity index (χ2n) is 7.35. The predicted octanol–water partition coefficient (Wildman–Crippen LogP) is 2.75. The van der Waals surface area contributed by atoms with Crippen LogP contribution in [0, 0.1) is 0 Å². The van der Waals surface area contributed by atoms with Crippen molar-refractivity contribution in [2.45, 2.75) is 23.7 Å². The fourth-order valence-corrected chi connectivity index (χ4v) is 4.63. The van der Waals surface area contributed by atoms with E-state index in [0.29, 0.717) is 10.8 Å². The second-order valence-corrected chi connectivity index (χ2v) is 9.36. The van der Waals surface area contributed by atoms with Crippen LogP contribution < -0.4 is 5.32 Å². The van der Waals surface area contributed by atoms with Crippen molar-refractivity contribution in [2.24, 2.45) is 0 Å². The maximum atomic E-state index is 11.8. The Bertz CT molecular complexity index is 1270. The highest BCUT2D eigenvalue weighted by atomic mass is 32.2. The summed E-state index contributed by atoms with van der Waals surface area (Å²) < 4.78 is 25.8. The number of piperidine rings is 1. The zero-order chi connectivity index (χ0) is 19.3. The molecular formula is C20H21N5O2S. The predicted molar refractivity (Wildman–Crippen MR) is 108 cm³/mol. The highest BCUT2D eigenvalue weighted by molar-refractivity contribution is 7.90. The number of fused-ring (bicyclic) bond motifs is 3. The van der Waals surface area contributed by atoms with E-state index in [2.05, 4.69) is 19.7 Å². The molecule has 1 unspecified atom stereocenters. The van der Waals surface area contributed by atoms with Crippen LogP contribution >= 0.6 is 0 Å². The Balaban J connectivity index is 1.73. The molecule has 1 atom stereocenters. The van der Waals surface area contributed by atoms with Crippen LogP contribution in [0.4, 0.5) is 0 Å². The summed E-state index contributed by atoms with van der Waals surface area (Å²) in [5.41, 5.74) is 4.48. The van der Waals surface area contributed by atoms with Gasteiger partial charge in [-0.1, -0.05) is 12.1 Å². The number of hydrogen-bond acceptors (Lipinski definition) is 5. The molecule has 2 N–H and O–H groups in total. The molecule has 0 amide bonds. The van der Waals surface area contributed by atoms with Crippen molar-refractivity contribution < 1.29 is 8.42 Å². The highest BCUT2D eigenvalue weighted by Gasteiger charge is 2.24. The quantitative estimate of drug-likeness (QED) is 0.556. The average Bonchev–Trinajstić information content (AvgIpc) is 3.32. The lowest BCUT2D eigenvalue weighted by Crippen LogP contribution is -2.29. The molecule has 0 aliphatic carbocycles. The molecule has 5 rings (SSSR count). The molecule has 1 aromatic carbocycles. The molecule has 0 bridgehead atoms. The van der Waals surface area contributed by atoms with Crippen molar-refractivity contribution >= 4 is 26.5 Å². The van der Waals surface area contributed by atoms with Crippen molar-refractivity contribution in [3.8, 4) is 11.3 Å². The molecule has 1 fully saturated rings. The molecule has 144 valence electrons. The number of H-pyrrole nitrogens is 1. The Labute approximate surface area is 162 Å². The molecule has 1 aliphatic rings. The van der Waals surface area contributed by atoms with Gasteiger partial charge in [0.1, 0.15) is 5.82 Å². The highest BCUT2D eigenvalue weighted by Crippen LogP contribution is 2.32. The summed E-state index contributed by atoms with van der Waals surface area (Å²) in [6.07, 6.45) is 7.16. The van der Waals surface area contributed by atoms with Gasteiger partial charge in [0.25, 0.3) is 0 Å². The maximum absolute atomic E-state index is 11.8. The van der Waals surface area contributed by atoms with E-state index >= 15 is 0 Å². The van der Waals surface area contributed by atoms with E-state index < -0.39 is 9.84 Å². The summed E-state index contributed by atoms with van der Waals surface area (Å²) >= 11 is 0. The minimum atomic E-state index is -3.23. The van der Waals surface area contributed by atoms with Crippen molar-refractivity contribution in [3.05, 3.63) is 48.5 Å². The van der Waals surface area contributed by atoms with Crippen molar-refractivity contribution in [1.29, 1.82) is 0 Å². The zero-order valence-corrected chi connectivity index (χ0v) is 16.3. The van der Waals surface area contributed by atoms with Crippen molar-refractivity contribution in [2.75, 3.05) is 19.3 Å². The molecule has 8 heteroatoms. The first-order valence-electron chi connectivity index (χ1n) is 9.38. The lowest BCUT2D eigenvalue weighted by Gasteiger charge is -2.21. The molecule has 3 aromatic heterocycles. The van der Waals surface area contributed by atoms with Gasteiger partial charge < -0.3 is 10.3 Å². The number of aromatic nitrogens is 4. The molecule has 1 aliphatic heterocycles. The van der Waals surface area contributed by atoms with Gasteiger partial charge in [0.2, 0.25) is 0 Å². The average molecular weight is 395 g/mol. The van der Waals surface area contributed by atoms with Crippen LogP contribution in [0.15, 0.2) is 47.6 Å². The van der Waals surface area contributed by atoms with Crippen LogP contribution in [0.2, 0.25) is 0 Å². The van der Waals surface area contributed by atoms with E-state index in [1.165, 1.54) is 6.26 Å². The summed E-state index contributed by atoms with van der Waals surface area (Å²) in [4.78, 5) is 13.0. The fraction of sp³-hybridized carbons (Fsp3) is 0.300. The SMILES string of the molecule is CS(=O)(=O)c1ccc(-c2nc(C3CCCNC3)n3c2cnc2[nH]ccc23)cc1. The fourth-order valence-electron chi connectivity index (χ4n) is 4.00. The summed E-state index contributed by atoms with van der Waals surface area (Å²) in [6, 6.07) is 8.94. The first kappa shape index (κ1) is 17.4. The van der Waals surface area contributed by atoms with E-state index in [9.17, 15) is 8.42 Å². The number of nitrogens with zero attached hydrogens (tertiary/aromatic N) is 3. The third-order valence-electron chi connectivity index (χ3n) is 5.42. The van der Waals surface area contributed by atoms with E-state index in [4.69, 9.17) is 4.98 Å². The topological polar surface area (TPSA) is 92.2 Å². The molecule has 0 radical (unpaired) electrons. The van der Waals surface area contributed by atoms with E-state index in [1.807, 2.05) is 30.6 Å². The van der Waals surface area contributed by atoms with Crippen LogP contribution in [0.5, 0.6) is 0 Å². The summed E-state index contributed by atoms with van der Waals surface area (Å²) in [5.74, 6) is 1.35. The molecule has 4 heterocycles. The maximum Gasteiger partial charge on any atom is 0.175 e. The first-order valence-corrected chi connectivity index (χ1v) is 11.3. The van der Waals surface area contributed by atoms with Gasteiger partial charge in [-0.25, -0.2) is 18.4 Å². The van der Waals surface area contributed by atoms with E-state index in [0.717, 1.165) is 59.7 Å². The smallest absolute Gasteiger partial charge is 0.175 e. The number of aromatic amines is 1. The number of rotatable bonds is 3. The lowest BCUT2D eigenvalue weighted by molar-refractivity contribution is 0.446. The van der Waals surface area contributed by atoms with Crippen LogP contribution in [0.1, 0.15) is 24.6 Å². The van der Waals surface area contributed by atoms with Crippen LogP contribution in [0.25, 0.3) is 27.9 Å². The van der Waals surface area contributed by atoms with Gasteiger partial charge in [-0.3, -0.25) is 4.40 Å². The first-order chi connectivity index (χ1) is 13.5. The number of hydrogen-bond donors (Lipinski definition) is 2. The third-order valence-corrected chi connectivity index (χ3v) is 6.55. The number of nitrogens with one attached hydrogen (secondary N) is 2. The van der Waals surface area contributed by atoms with Crippen molar-refractivity contribution in [1.82, 2.24) is 24.7 Å². The van der Waals surface area contributed by atoms with Crippen LogP contribution in [-0.4, -0.2) is 47.1 Å². The van der Waals surface area contributed by atoms with E-state index in [-0.39, 0.29) is 0 Å². The molecule has 0 spiro atoms. The minimum Gasteiger partial charge on any atom is -0.345 e. The molecule has 4 aromatic rings. The Hall–Kier alpha value is -2.71. The largest absolute Gasteiger partial charge is 0.345 e. The molecule has 7 nitrogen and oxygen atoms in total. The molecule has 28 heavy (non-hydrogen) atoms. The zero-order valence-electron chi connectivity index (χ0n) is 15.5. The number of benzene rings is 1. The Morgan fingerprint density at radius 1 is 1.14 bits per heavy atom.